The molecule has 448 valence electrons. The van der Waals surface area contributed by atoms with Gasteiger partial charge in [-0.05, 0) is 71.1 Å². The molecule has 4 heterocycles. The number of methoxy groups -OCH3 is 2. The predicted molar refractivity (Wildman–Crippen MR) is 289 cm³/mol. The Morgan fingerprint density at radius 2 is 1.60 bits per heavy atom. The first-order chi connectivity index (χ1) is 38.3. The Balaban J connectivity index is 1.09. The number of unbranched alkanes of at least 4 members (excludes halogenated alkanes) is 3. The summed E-state index contributed by atoms with van der Waals surface area (Å²) in [6, 6.07) is 2.59. The quantitative estimate of drug-likeness (QED) is 0.0405. The fourth-order valence-electron chi connectivity index (χ4n) is 9.47. The van der Waals surface area contributed by atoms with Crippen LogP contribution in [0.2, 0.25) is 0 Å². The first-order valence-electron chi connectivity index (χ1n) is 27.0. The minimum Gasteiger partial charge on any atom is -0.496 e. The van der Waals surface area contributed by atoms with Gasteiger partial charge in [-0.25, -0.2) is 24.0 Å². The number of hydrogen-bond donors (Lipinski definition) is 2. The molecule has 3 fully saturated rings. The molecule has 0 saturated carbocycles. The van der Waals surface area contributed by atoms with Crippen molar-refractivity contribution in [3.63, 3.8) is 0 Å². The van der Waals surface area contributed by atoms with Gasteiger partial charge in [0.2, 0.25) is 11.8 Å². The van der Waals surface area contributed by atoms with Crippen LogP contribution in [0.4, 0.5) is 20.1 Å². The minimum absolute atomic E-state index is 0.0127. The summed E-state index contributed by atoms with van der Waals surface area (Å²) in [6.07, 6.45) is 5.46. The highest BCUT2D eigenvalue weighted by Crippen LogP contribution is 2.49. The monoisotopic (exact) mass is 1140 g/mol. The molecule has 25 heteroatoms. The van der Waals surface area contributed by atoms with Gasteiger partial charge in [-0.1, -0.05) is 49.3 Å². The van der Waals surface area contributed by atoms with Gasteiger partial charge in [0.05, 0.1) is 31.7 Å². The highest BCUT2D eigenvalue weighted by atomic mass is 16.7. The summed E-state index contributed by atoms with van der Waals surface area (Å²) in [5.74, 6) is -3.81. The summed E-state index contributed by atoms with van der Waals surface area (Å²) >= 11 is 0. The van der Waals surface area contributed by atoms with Crippen molar-refractivity contribution >= 4 is 59.5 Å². The highest BCUT2D eigenvalue weighted by molar-refractivity contribution is 6.01. The van der Waals surface area contributed by atoms with Crippen molar-refractivity contribution in [3.8, 4) is 5.75 Å². The summed E-state index contributed by atoms with van der Waals surface area (Å²) in [7, 11) is 8.94. The van der Waals surface area contributed by atoms with Crippen LogP contribution < -0.4 is 15.0 Å². The number of rotatable bonds is 22. The number of nitrogens with zero attached hydrogens (tertiary/aromatic N) is 5. The zero-order valence-electron chi connectivity index (χ0n) is 48.4. The van der Waals surface area contributed by atoms with E-state index >= 15 is 0 Å². The van der Waals surface area contributed by atoms with Crippen LogP contribution in [0.3, 0.4) is 0 Å². The number of epoxide rings is 1. The zero-order chi connectivity index (χ0) is 59.8. The third-order valence-electron chi connectivity index (χ3n) is 14.8. The van der Waals surface area contributed by atoms with E-state index in [1.54, 1.807) is 46.2 Å². The molecule has 0 aromatic heterocycles. The van der Waals surface area contributed by atoms with Gasteiger partial charge >= 0.3 is 30.2 Å². The van der Waals surface area contributed by atoms with E-state index in [0.717, 1.165) is 28.9 Å². The fraction of sp³-hybridized carbons (Fsp3) is 0.625. The lowest BCUT2D eigenvalue weighted by atomic mass is 9.83. The molecule has 25 nitrogen and oxygen atoms in total. The molecule has 0 spiro atoms. The Kier molecular flexibility index (Phi) is 23.6. The zero-order valence-corrected chi connectivity index (χ0v) is 48.4. The molecule has 2 N–H and O–H groups in total. The average molecular weight is 1140 g/mol. The number of amides is 7. The molecule has 8 atom stereocenters. The average Bonchev–Trinajstić information content (AvgIpc) is 4.18. The van der Waals surface area contributed by atoms with Crippen LogP contribution in [0.1, 0.15) is 96.6 Å². The number of hydrogen-bond acceptors (Lipinski definition) is 19. The van der Waals surface area contributed by atoms with E-state index in [-0.39, 0.29) is 65.0 Å². The van der Waals surface area contributed by atoms with Crippen molar-refractivity contribution in [3.05, 3.63) is 59.2 Å². The van der Waals surface area contributed by atoms with E-state index in [9.17, 15) is 48.3 Å². The number of carbonyl (C=O) groups excluding carboxylic acids is 9. The topological polar surface area (TPSA) is 288 Å². The molecule has 2 unspecified atom stereocenters. The molecule has 1 aromatic carbocycles. The first-order valence-corrected chi connectivity index (χ1v) is 27.0. The summed E-state index contributed by atoms with van der Waals surface area (Å²) in [6.45, 7) is 8.47. The number of nitrogens with one attached hydrogen (secondary N) is 1. The number of allylic oxidation sites excluding steroid dienone is 4. The van der Waals surface area contributed by atoms with Crippen LogP contribution in [0, 0.1) is 12.8 Å². The number of hydroxylamine groups is 2. The first kappa shape index (κ1) is 64.7. The number of esters is 1. The number of ether oxygens (including phenoxy) is 8. The van der Waals surface area contributed by atoms with E-state index in [2.05, 4.69) is 5.32 Å². The number of carbonyl (C=O) groups is 9. The number of imide groups is 1. The standard InChI is InChI=1S/C56H80N6O19/c1-35-19-18-20-43(74-11)56(72)33-42(78-52(69)57-56)37(3)50-55(5,80-50)44(32-48(66)61(9)40-30-39(29-35)31-41(73-10)36(40)2)79-51(68)38(4)60(8)45(63)23-28-77-54(71)59(7)25-24-58(6)53(70)76-27-17-15-13-12-14-16-26-75-34-49(67)81-62-46(64)21-22-47(62)65/h15,17-20,30-31,37-38,42-44,50,72H,12-14,16,21-29,32-34H2,1-11H3,(H,57,69)/b17-15+,20-18+,35-19+/t37-,38+,42+,43?,44+,50+,55+,56?/m1/s1. The predicted octanol–water partition coefficient (Wildman–Crippen LogP) is 4.44. The van der Waals surface area contributed by atoms with Gasteiger partial charge in [0.15, 0.2) is 5.72 Å². The Bertz CT molecular complexity index is 2540. The number of alkyl carbamates (subject to hydrolysis) is 1. The number of benzene rings is 1. The van der Waals surface area contributed by atoms with E-state index in [1.807, 2.05) is 38.1 Å². The maximum Gasteiger partial charge on any atom is 0.409 e. The minimum atomic E-state index is -1.88. The third kappa shape index (κ3) is 17.7. The molecule has 81 heavy (non-hydrogen) atoms. The SMILES string of the molecule is COc1cc2cc(c1C)N(C)C(=O)C[C@H](OC(=O)[C@H](C)N(C)C(=O)CCOC(=O)N(C)CCN(C)C(=O)OC/C=C/CCCCCOCC(=O)ON1C(=O)CCC1=O)[C@]1(C)O[C@H]1[C@H](C)[C@@H]1CC(O)(NC(=O)O1)C(OC)/C=C/C=C(\C)C2. The number of anilines is 1. The molecule has 3 saturated heterocycles. The van der Waals surface area contributed by atoms with Crippen LogP contribution in [0.5, 0.6) is 5.75 Å². The van der Waals surface area contributed by atoms with Crippen molar-refractivity contribution in [2.75, 3.05) is 86.8 Å². The molecule has 0 radical (unpaired) electrons. The Labute approximate surface area is 472 Å². The lowest BCUT2D eigenvalue weighted by Gasteiger charge is -2.42. The molecule has 5 rings (SSSR count). The van der Waals surface area contributed by atoms with Crippen LogP contribution in [0.15, 0.2) is 48.1 Å². The Morgan fingerprint density at radius 1 is 0.926 bits per heavy atom. The van der Waals surface area contributed by atoms with Crippen LogP contribution >= 0.6 is 0 Å². The lowest BCUT2D eigenvalue weighted by molar-refractivity contribution is -0.200. The largest absolute Gasteiger partial charge is 0.496 e. The van der Waals surface area contributed by atoms with Gasteiger partial charge in [0, 0.05) is 85.7 Å². The lowest BCUT2D eigenvalue weighted by Crippen LogP contribution is -2.63. The molecule has 4 aliphatic heterocycles. The van der Waals surface area contributed by atoms with Gasteiger partial charge < -0.3 is 67.4 Å². The van der Waals surface area contributed by atoms with Gasteiger partial charge in [0.25, 0.3) is 11.8 Å². The van der Waals surface area contributed by atoms with Crippen molar-refractivity contribution < 1.29 is 91.0 Å². The second-order valence-corrected chi connectivity index (χ2v) is 20.9. The normalized spacial score (nSPS) is 25.3. The van der Waals surface area contributed by atoms with Crippen molar-refractivity contribution in [2.45, 2.75) is 141 Å². The Morgan fingerprint density at radius 3 is 2.27 bits per heavy atom. The van der Waals surface area contributed by atoms with E-state index < -0.39 is 102 Å². The summed E-state index contributed by atoms with van der Waals surface area (Å²) < 4.78 is 45.4. The second-order valence-electron chi connectivity index (χ2n) is 20.9. The molecule has 4 aliphatic rings. The second kappa shape index (κ2) is 29.6. The molecular weight excluding hydrogens is 1060 g/mol. The van der Waals surface area contributed by atoms with E-state index in [1.165, 1.54) is 49.9 Å². The smallest absolute Gasteiger partial charge is 0.409 e. The van der Waals surface area contributed by atoms with Gasteiger partial charge in [-0.15, -0.1) is 5.06 Å². The third-order valence-corrected chi connectivity index (χ3v) is 14.8. The van der Waals surface area contributed by atoms with E-state index in [4.69, 9.17) is 42.7 Å². The van der Waals surface area contributed by atoms with Crippen molar-refractivity contribution in [1.29, 1.82) is 0 Å². The molecule has 0 aliphatic carbocycles. The number of fused-ring (bicyclic) bond motifs is 5. The summed E-state index contributed by atoms with van der Waals surface area (Å²) in [5.41, 5.74) is -0.162. The molecule has 4 bridgehead atoms. The molecule has 7 amide bonds. The summed E-state index contributed by atoms with van der Waals surface area (Å²) in [5, 5.41) is 14.8. The van der Waals surface area contributed by atoms with Gasteiger partial charge in [-0.3, -0.25) is 24.5 Å². The van der Waals surface area contributed by atoms with Crippen LogP contribution in [-0.2, 0) is 73.2 Å². The molecule has 1 aromatic rings. The Hall–Kier alpha value is -7.09. The number of aliphatic hydroxyl groups is 1. The number of likely N-dealkylation sites (N-methyl/N-ethyl adjacent to an activating group) is 3. The van der Waals surface area contributed by atoms with Crippen molar-refractivity contribution in [2.24, 2.45) is 5.92 Å². The van der Waals surface area contributed by atoms with Gasteiger partial charge in [-0.2, -0.15) is 0 Å². The van der Waals surface area contributed by atoms with Crippen LogP contribution in [0.25, 0.3) is 0 Å². The molecular formula is C56H80N6O19. The fourth-order valence-corrected chi connectivity index (χ4v) is 9.47. The van der Waals surface area contributed by atoms with Crippen molar-refractivity contribution in [1.82, 2.24) is 25.1 Å². The highest BCUT2D eigenvalue weighted by Gasteiger charge is 2.64. The maximum absolute atomic E-state index is 14.4. The van der Waals surface area contributed by atoms with E-state index in [0.29, 0.717) is 47.9 Å². The van der Waals surface area contributed by atoms with Crippen LogP contribution in [-0.4, -0.2) is 202 Å². The maximum atomic E-state index is 14.4. The van der Waals surface area contributed by atoms with Gasteiger partial charge in [0.1, 0.15) is 55.5 Å². The summed E-state index contributed by atoms with van der Waals surface area (Å²) in [4.78, 5) is 125.